The fraction of sp³-hybridized carbons (Fsp3) is 0.556. The minimum Gasteiger partial charge on any atom is -0.356 e. The number of piperidine rings is 1. The predicted molar refractivity (Wildman–Crippen MR) is 94.3 cm³/mol. The van der Waals surface area contributed by atoms with Crippen LogP contribution < -0.4 is 9.80 Å². The minimum atomic E-state index is 0.518. The van der Waals surface area contributed by atoms with Crippen molar-refractivity contribution in [2.45, 2.75) is 44.1 Å². The monoisotopic (exact) mass is 324 g/mol. The van der Waals surface area contributed by atoms with E-state index < -0.39 is 0 Å². The first kappa shape index (κ1) is 15.3. The van der Waals surface area contributed by atoms with Crippen molar-refractivity contribution >= 4 is 11.6 Å². The molecule has 0 atom stereocenters. The van der Waals surface area contributed by atoms with Gasteiger partial charge in [0.1, 0.15) is 23.8 Å². The molecule has 2 aliphatic rings. The first-order chi connectivity index (χ1) is 11.8. The van der Waals surface area contributed by atoms with Crippen LogP contribution in [0, 0.1) is 0 Å². The van der Waals surface area contributed by atoms with E-state index in [0.717, 1.165) is 43.4 Å². The zero-order valence-corrected chi connectivity index (χ0v) is 14.2. The number of hydrogen-bond acceptors (Lipinski definition) is 6. The van der Waals surface area contributed by atoms with Crippen molar-refractivity contribution in [3.05, 3.63) is 36.7 Å². The Morgan fingerprint density at radius 2 is 1.88 bits per heavy atom. The van der Waals surface area contributed by atoms with E-state index in [1.165, 1.54) is 19.3 Å². The molecule has 1 aliphatic heterocycles. The van der Waals surface area contributed by atoms with E-state index in [-0.39, 0.29) is 0 Å². The van der Waals surface area contributed by atoms with Gasteiger partial charge in [0.25, 0.3) is 0 Å². The molecular formula is C18H24N6. The summed E-state index contributed by atoms with van der Waals surface area (Å²) in [6, 6.07) is 4.54. The zero-order chi connectivity index (χ0) is 16.4. The smallest absolute Gasteiger partial charge is 0.133 e. The molecule has 0 unspecified atom stereocenters. The Balaban J connectivity index is 1.39. The summed E-state index contributed by atoms with van der Waals surface area (Å²) >= 11 is 0. The molecule has 1 saturated heterocycles. The summed E-state index contributed by atoms with van der Waals surface area (Å²) in [5.74, 6) is 3.72. The van der Waals surface area contributed by atoms with Crippen LogP contribution in [-0.4, -0.2) is 46.1 Å². The first-order valence-corrected chi connectivity index (χ1v) is 8.88. The standard InChI is InChI=1S/C18H24N6/c1-23(16-5-9-19-13-21-16)15-7-11-24(12-8-15)17-6-10-20-18(22-17)14-3-2-4-14/h5-6,9-10,13-15H,2-4,7-8,11-12H2,1H3. The fourth-order valence-electron chi connectivity index (χ4n) is 3.56. The van der Waals surface area contributed by atoms with Crippen molar-refractivity contribution < 1.29 is 0 Å². The topological polar surface area (TPSA) is 58.0 Å². The molecule has 0 aromatic carbocycles. The third-order valence-electron chi connectivity index (χ3n) is 5.39. The average molecular weight is 324 g/mol. The van der Waals surface area contributed by atoms with E-state index in [9.17, 15) is 0 Å². The van der Waals surface area contributed by atoms with Gasteiger partial charge < -0.3 is 9.80 Å². The van der Waals surface area contributed by atoms with Crippen LogP contribution in [-0.2, 0) is 0 Å². The quantitative estimate of drug-likeness (QED) is 0.862. The van der Waals surface area contributed by atoms with Crippen LogP contribution in [0.1, 0.15) is 43.8 Å². The molecular weight excluding hydrogens is 300 g/mol. The number of nitrogens with zero attached hydrogens (tertiary/aromatic N) is 6. The van der Waals surface area contributed by atoms with Gasteiger partial charge in [-0.25, -0.2) is 19.9 Å². The van der Waals surface area contributed by atoms with Gasteiger partial charge in [-0.2, -0.15) is 0 Å². The lowest BCUT2D eigenvalue weighted by Crippen LogP contribution is -2.44. The Kier molecular flexibility index (Phi) is 4.28. The number of hydrogen-bond donors (Lipinski definition) is 0. The molecule has 0 bridgehead atoms. The largest absolute Gasteiger partial charge is 0.356 e. The van der Waals surface area contributed by atoms with Gasteiger partial charge in [-0.15, -0.1) is 0 Å². The van der Waals surface area contributed by atoms with Crippen molar-refractivity contribution in [1.29, 1.82) is 0 Å². The molecule has 2 aromatic rings. The van der Waals surface area contributed by atoms with Gasteiger partial charge in [0, 0.05) is 44.5 Å². The molecule has 6 heteroatoms. The first-order valence-electron chi connectivity index (χ1n) is 8.88. The molecule has 0 amide bonds. The summed E-state index contributed by atoms with van der Waals surface area (Å²) in [7, 11) is 2.13. The minimum absolute atomic E-state index is 0.518. The Hall–Kier alpha value is -2.24. The second kappa shape index (κ2) is 6.71. The number of anilines is 2. The van der Waals surface area contributed by atoms with Crippen molar-refractivity contribution in [2.24, 2.45) is 0 Å². The molecule has 6 nitrogen and oxygen atoms in total. The third-order valence-corrected chi connectivity index (χ3v) is 5.39. The Morgan fingerprint density at radius 3 is 2.54 bits per heavy atom. The highest BCUT2D eigenvalue weighted by Crippen LogP contribution is 2.35. The van der Waals surface area contributed by atoms with Crippen LogP contribution in [0.25, 0.3) is 0 Å². The van der Waals surface area contributed by atoms with Gasteiger partial charge in [0.15, 0.2) is 0 Å². The van der Waals surface area contributed by atoms with Crippen LogP contribution in [0.5, 0.6) is 0 Å². The molecule has 2 aromatic heterocycles. The fourth-order valence-corrected chi connectivity index (χ4v) is 3.56. The maximum Gasteiger partial charge on any atom is 0.133 e. The lowest BCUT2D eigenvalue weighted by Gasteiger charge is -2.38. The van der Waals surface area contributed by atoms with Crippen LogP contribution in [0.3, 0.4) is 0 Å². The molecule has 0 N–H and O–H groups in total. The third kappa shape index (κ3) is 3.05. The predicted octanol–water partition coefficient (Wildman–Crippen LogP) is 2.64. The summed E-state index contributed by atoms with van der Waals surface area (Å²) in [6.07, 6.45) is 11.4. The molecule has 4 rings (SSSR count). The molecule has 126 valence electrons. The van der Waals surface area contributed by atoms with E-state index in [1.54, 1.807) is 12.5 Å². The van der Waals surface area contributed by atoms with Crippen LogP contribution in [0.2, 0.25) is 0 Å². The normalized spacial score (nSPS) is 19.1. The van der Waals surface area contributed by atoms with Gasteiger partial charge in [-0.1, -0.05) is 6.42 Å². The highest BCUT2D eigenvalue weighted by atomic mass is 15.2. The maximum atomic E-state index is 4.83. The molecule has 0 radical (unpaired) electrons. The molecule has 1 saturated carbocycles. The summed E-state index contributed by atoms with van der Waals surface area (Å²) < 4.78 is 0. The SMILES string of the molecule is CN(c1ccncn1)C1CCN(c2ccnc(C3CCC3)n2)CC1. The van der Waals surface area contributed by atoms with E-state index in [0.29, 0.717) is 12.0 Å². The summed E-state index contributed by atoms with van der Waals surface area (Å²) in [5.41, 5.74) is 0. The highest BCUT2D eigenvalue weighted by Gasteiger charge is 2.26. The Morgan fingerprint density at radius 1 is 1.04 bits per heavy atom. The van der Waals surface area contributed by atoms with E-state index in [1.807, 2.05) is 12.3 Å². The van der Waals surface area contributed by atoms with Crippen molar-refractivity contribution in [2.75, 3.05) is 29.9 Å². The summed E-state index contributed by atoms with van der Waals surface area (Å²) in [6.45, 7) is 2.06. The van der Waals surface area contributed by atoms with Crippen LogP contribution in [0.15, 0.2) is 30.9 Å². The van der Waals surface area contributed by atoms with E-state index >= 15 is 0 Å². The molecule has 1 aliphatic carbocycles. The highest BCUT2D eigenvalue weighted by molar-refractivity contribution is 5.41. The molecule has 3 heterocycles. The maximum absolute atomic E-state index is 4.83. The van der Waals surface area contributed by atoms with E-state index in [2.05, 4.69) is 37.9 Å². The Bertz CT molecular complexity index is 664. The molecule has 0 spiro atoms. The van der Waals surface area contributed by atoms with Crippen LogP contribution in [0.4, 0.5) is 11.6 Å². The van der Waals surface area contributed by atoms with Gasteiger partial charge >= 0.3 is 0 Å². The molecule has 2 fully saturated rings. The lowest BCUT2D eigenvalue weighted by atomic mass is 9.85. The van der Waals surface area contributed by atoms with Gasteiger partial charge in [-0.05, 0) is 37.8 Å². The Labute approximate surface area is 143 Å². The van der Waals surface area contributed by atoms with Gasteiger partial charge in [0.05, 0.1) is 0 Å². The zero-order valence-electron chi connectivity index (χ0n) is 14.2. The number of aromatic nitrogens is 4. The van der Waals surface area contributed by atoms with Gasteiger partial charge in [-0.3, -0.25) is 0 Å². The van der Waals surface area contributed by atoms with Gasteiger partial charge in [0.2, 0.25) is 0 Å². The van der Waals surface area contributed by atoms with E-state index in [4.69, 9.17) is 4.98 Å². The second-order valence-corrected chi connectivity index (χ2v) is 6.80. The average Bonchev–Trinajstić information content (AvgIpc) is 2.61. The van der Waals surface area contributed by atoms with Crippen molar-refractivity contribution in [3.63, 3.8) is 0 Å². The summed E-state index contributed by atoms with van der Waals surface area (Å²) in [4.78, 5) is 22.3. The lowest BCUT2D eigenvalue weighted by molar-refractivity contribution is 0.400. The van der Waals surface area contributed by atoms with Crippen molar-refractivity contribution in [1.82, 2.24) is 19.9 Å². The number of rotatable bonds is 4. The van der Waals surface area contributed by atoms with Crippen LogP contribution >= 0.6 is 0 Å². The molecule has 24 heavy (non-hydrogen) atoms. The summed E-state index contributed by atoms with van der Waals surface area (Å²) in [5, 5.41) is 0. The van der Waals surface area contributed by atoms with Crippen molar-refractivity contribution in [3.8, 4) is 0 Å². The second-order valence-electron chi connectivity index (χ2n) is 6.80.